The molecule has 1 aromatic heterocycles. The molecule has 2 rings (SSSR count). The zero-order chi connectivity index (χ0) is 13.0. The lowest BCUT2D eigenvalue weighted by atomic mass is 10.1. The molecular weight excluding hydrogens is 234 g/mol. The summed E-state index contributed by atoms with van der Waals surface area (Å²) >= 11 is 0. The lowest BCUT2D eigenvalue weighted by Crippen LogP contribution is -2.22. The van der Waals surface area contributed by atoms with Gasteiger partial charge in [0.25, 0.3) is 0 Å². The van der Waals surface area contributed by atoms with E-state index in [1.807, 2.05) is 0 Å². The van der Waals surface area contributed by atoms with Crippen LogP contribution in [0.5, 0.6) is 0 Å². The minimum absolute atomic E-state index is 0.170. The van der Waals surface area contributed by atoms with Crippen molar-refractivity contribution in [2.75, 3.05) is 19.7 Å². The number of nitrogens with zero attached hydrogens (tertiary/aromatic N) is 3. The molecular formula is C12H17N3O3. The second-order valence-electron chi connectivity index (χ2n) is 4.59. The summed E-state index contributed by atoms with van der Waals surface area (Å²) in [4.78, 5) is 21.0. The number of carboxylic acid groups (broad SMARTS) is 1. The van der Waals surface area contributed by atoms with Crippen molar-refractivity contribution in [2.24, 2.45) is 5.92 Å². The van der Waals surface area contributed by atoms with Crippen LogP contribution in [0.25, 0.3) is 0 Å². The van der Waals surface area contributed by atoms with Crippen molar-refractivity contribution in [3.63, 3.8) is 0 Å². The predicted octanol–water partition coefficient (Wildman–Crippen LogP) is 0.379. The third-order valence-electron chi connectivity index (χ3n) is 3.31. The number of hydrogen-bond donors (Lipinski definition) is 2. The maximum absolute atomic E-state index is 11.0. The summed E-state index contributed by atoms with van der Waals surface area (Å²) in [6.45, 7) is 2.57. The second-order valence-corrected chi connectivity index (χ2v) is 4.59. The van der Waals surface area contributed by atoms with Crippen LogP contribution in [0.4, 0.5) is 0 Å². The number of aromatic nitrogens is 2. The molecule has 0 bridgehead atoms. The van der Waals surface area contributed by atoms with E-state index in [0.29, 0.717) is 18.2 Å². The molecule has 1 aromatic rings. The molecule has 1 aliphatic heterocycles. The van der Waals surface area contributed by atoms with Gasteiger partial charge in [-0.25, -0.2) is 14.8 Å². The molecule has 6 nitrogen and oxygen atoms in total. The maximum Gasteiger partial charge on any atom is 0.339 e. The Morgan fingerprint density at radius 2 is 2.39 bits per heavy atom. The number of likely N-dealkylation sites (tertiary alicyclic amines) is 1. The summed E-state index contributed by atoms with van der Waals surface area (Å²) in [6, 6.07) is 0. The highest BCUT2D eigenvalue weighted by Gasteiger charge is 2.23. The van der Waals surface area contributed by atoms with Gasteiger partial charge in [0.1, 0.15) is 11.9 Å². The Morgan fingerprint density at radius 1 is 1.56 bits per heavy atom. The fraction of sp³-hybridized carbons (Fsp3) is 0.583. The monoisotopic (exact) mass is 251 g/mol. The first-order chi connectivity index (χ1) is 8.70. The first kappa shape index (κ1) is 12.9. The van der Waals surface area contributed by atoms with Crippen molar-refractivity contribution in [3.05, 3.63) is 23.8 Å². The van der Waals surface area contributed by atoms with Crippen LogP contribution >= 0.6 is 0 Å². The smallest absolute Gasteiger partial charge is 0.339 e. The Hall–Kier alpha value is -1.53. The van der Waals surface area contributed by atoms with Gasteiger partial charge in [0.05, 0.1) is 5.69 Å². The standard InChI is InChI=1S/C12H17N3O3/c16-4-2-9-1-3-15(6-9)7-11-10(12(17)18)5-13-8-14-11/h5,8-9,16H,1-4,6-7H2,(H,17,18). The van der Waals surface area contributed by atoms with Crippen molar-refractivity contribution in [3.8, 4) is 0 Å². The number of aliphatic hydroxyl groups excluding tert-OH is 1. The Morgan fingerprint density at radius 3 is 3.11 bits per heavy atom. The maximum atomic E-state index is 11.0. The van der Waals surface area contributed by atoms with Gasteiger partial charge in [0.2, 0.25) is 0 Å². The molecule has 1 atom stereocenters. The fourth-order valence-corrected chi connectivity index (χ4v) is 2.35. The molecule has 6 heteroatoms. The molecule has 0 aliphatic carbocycles. The summed E-state index contributed by atoms with van der Waals surface area (Å²) in [5, 5.41) is 17.9. The molecule has 0 aromatic carbocycles. The Labute approximate surface area is 105 Å². The van der Waals surface area contributed by atoms with Gasteiger partial charge in [-0.1, -0.05) is 0 Å². The van der Waals surface area contributed by atoms with E-state index in [2.05, 4.69) is 14.9 Å². The van der Waals surface area contributed by atoms with Gasteiger partial charge in [-0.3, -0.25) is 4.90 Å². The van der Waals surface area contributed by atoms with Crippen molar-refractivity contribution in [2.45, 2.75) is 19.4 Å². The highest BCUT2D eigenvalue weighted by atomic mass is 16.4. The molecule has 2 N–H and O–H groups in total. The molecule has 1 saturated heterocycles. The Bertz CT molecular complexity index is 425. The minimum Gasteiger partial charge on any atom is -0.478 e. The van der Waals surface area contributed by atoms with E-state index in [-0.39, 0.29) is 12.2 Å². The van der Waals surface area contributed by atoms with Crippen molar-refractivity contribution in [1.29, 1.82) is 0 Å². The van der Waals surface area contributed by atoms with Crippen LogP contribution in [0.1, 0.15) is 28.9 Å². The van der Waals surface area contributed by atoms with Gasteiger partial charge in [0.15, 0.2) is 0 Å². The molecule has 0 saturated carbocycles. The lowest BCUT2D eigenvalue weighted by molar-refractivity contribution is 0.0693. The predicted molar refractivity (Wildman–Crippen MR) is 64.1 cm³/mol. The quantitative estimate of drug-likeness (QED) is 0.786. The van der Waals surface area contributed by atoms with Gasteiger partial charge in [-0.05, 0) is 25.3 Å². The van der Waals surface area contributed by atoms with Gasteiger partial charge in [0, 0.05) is 25.9 Å². The van der Waals surface area contributed by atoms with E-state index in [4.69, 9.17) is 10.2 Å². The van der Waals surface area contributed by atoms with E-state index >= 15 is 0 Å². The van der Waals surface area contributed by atoms with Gasteiger partial charge in [-0.15, -0.1) is 0 Å². The van der Waals surface area contributed by atoms with Crippen LogP contribution in [-0.4, -0.2) is 50.7 Å². The Balaban J connectivity index is 2.00. The summed E-state index contributed by atoms with van der Waals surface area (Å²) < 4.78 is 0. The molecule has 18 heavy (non-hydrogen) atoms. The summed E-state index contributed by atoms with van der Waals surface area (Å²) in [5.74, 6) is -0.484. The third-order valence-corrected chi connectivity index (χ3v) is 3.31. The van der Waals surface area contributed by atoms with Gasteiger partial charge in [-0.2, -0.15) is 0 Å². The lowest BCUT2D eigenvalue weighted by Gasteiger charge is -2.16. The summed E-state index contributed by atoms with van der Waals surface area (Å²) in [6.07, 6.45) is 4.58. The first-order valence-electron chi connectivity index (χ1n) is 6.06. The van der Waals surface area contributed by atoms with E-state index in [9.17, 15) is 4.79 Å². The average Bonchev–Trinajstić information content (AvgIpc) is 2.77. The number of hydrogen-bond acceptors (Lipinski definition) is 5. The molecule has 1 fully saturated rings. The van der Waals surface area contributed by atoms with Crippen LogP contribution in [-0.2, 0) is 6.54 Å². The highest BCUT2D eigenvalue weighted by Crippen LogP contribution is 2.21. The number of carboxylic acids is 1. The molecule has 0 spiro atoms. The van der Waals surface area contributed by atoms with Gasteiger partial charge >= 0.3 is 5.97 Å². The number of aliphatic hydroxyl groups is 1. The number of carbonyl (C=O) groups is 1. The molecule has 98 valence electrons. The zero-order valence-electron chi connectivity index (χ0n) is 10.1. The SMILES string of the molecule is O=C(O)c1cncnc1CN1CCC(CCO)C1. The van der Waals surface area contributed by atoms with E-state index in [1.54, 1.807) is 0 Å². The third kappa shape index (κ3) is 3.02. The van der Waals surface area contributed by atoms with E-state index in [0.717, 1.165) is 25.9 Å². The van der Waals surface area contributed by atoms with Crippen LogP contribution in [0.3, 0.4) is 0 Å². The van der Waals surface area contributed by atoms with E-state index in [1.165, 1.54) is 12.5 Å². The molecule has 0 amide bonds. The Kier molecular flexibility index (Phi) is 4.22. The normalized spacial score (nSPS) is 20.2. The first-order valence-corrected chi connectivity index (χ1v) is 6.06. The topological polar surface area (TPSA) is 86.5 Å². The number of rotatable bonds is 5. The summed E-state index contributed by atoms with van der Waals surface area (Å²) in [5.41, 5.74) is 0.727. The molecule has 1 unspecified atom stereocenters. The van der Waals surface area contributed by atoms with Crippen LogP contribution in [0.2, 0.25) is 0 Å². The van der Waals surface area contributed by atoms with Crippen molar-refractivity contribution >= 4 is 5.97 Å². The molecule has 1 aliphatic rings. The fourth-order valence-electron chi connectivity index (χ4n) is 2.35. The van der Waals surface area contributed by atoms with Crippen molar-refractivity contribution < 1.29 is 15.0 Å². The van der Waals surface area contributed by atoms with Crippen LogP contribution in [0, 0.1) is 5.92 Å². The van der Waals surface area contributed by atoms with Gasteiger partial charge < -0.3 is 10.2 Å². The molecule has 0 radical (unpaired) electrons. The van der Waals surface area contributed by atoms with Crippen LogP contribution < -0.4 is 0 Å². The average molecular weight is 251 g/mol. The number of aromatic carboxylic acids is 1. The van der Waals surface area contributed by atoms with Crippen molar-refractivity contribution in [1.82, 2.24) is 14.9 Å². The molecule has 2 heterocycles. The summed E-state index contributed by atoms with van der Waals surface area (Å²) in [7, 11) is 0. The highest BCUT2D eigenvalue weighted by molar-refractivity contribution is 5.88. The second kappa shape index (κ2) is 5.88. The van der Waals surface area contributed by atoms with Crippen LogP contribution in [0.15, 0.2) is 12.5 Å². The largest absolute Gasteiger partial charge is 0.478 e. The van der Waals surface area contributed by atoms with E-state index < -0.39 is 5.97 Å². The zero-order valence-corrected chi connectivity index (χ0v) is 10.1. The minimum atomic E-state index is -0.989.